The number of amides is 1. The molecular formula is C17H15ClN2O2. The minimum atomic E-state index is -0.328. The van der Waals surface area contributed by atoms with Crippen molar-refractivity contribution in [2.75, 3.05) is 11.9 Å². The van der Waals surface area contributed by atoms with Gasteiger partial charge in [0.15, 0.2) is 0 Å². The monoisotopic (exact) mass is 314 g/mol. The molecule has 1 N–H and O–H groups in total. The lowest BCUT2D eigenvalue weighted by Crippen LogP contribution is -2.23. The number of nitrogens with zero attached hydrogens (tertiary/aromatic N) is 1. The Hall–Kier alpha value is -2.07. The highest BCUT2D eigenvalue weighted by Crippen LogP contribution is 2.37. The topological polar surface area (TPSA) is 51.2 Å². The molecule has 2 aliphatic rings. The van der Waals surface area contributed by atoms with E-state index >= 15 is 0 Å². The van der Waals surface area contributed by atoms with Crippen molar-refractivity contribution in [3.05, 3.63) is 52.3 Å². The number of carbonyl (C=O) groups excluding carboxylic acids is 1. The van der Waals surface area contributed by atoms with E-state index in [0.717, 1.165) is 36.3 Å². The predicted octanol–water partition coefficient (Wildman–Crippen LogP) is 3.34. The lowest BCUT2D eigenvalue weighted by Gasteiger charge is -2.13. The second kappa shape index (κ2) is 5.29. The third-order valence-electron chi connectivity index (χ3n) is 4.35. The van der Waals surface area contributed by atoms with Gasteiger partial charge in [-0.05, 0) is 48.6 Å². The van der Waals surface area contributed by atoms with Crippen molar-refractivity contribution in [3.63, 3.8) is 0 Å². The van der Waals surface area contributed by atoms with Crippen molar-refractivity contribution in [2.45, 2.75) is 25.2 Å². The molecule has 0 bridgehead atoms. The summed E-state index contributed by atoms with van der Waals surface area (Å²) in [7, 11) is 0. The van der Waals surface area contributed by atoms with Gasteiger partial charge in [-0.15, -0.1) is 0 Å². The van der Waals surface area contributed by atoms with Crippen LogP contribution >= 0.6 is 11.6 Å². The van der Waals surface area contributed by atoms with E-state index in [-0.39, 0.29) is 11.8 Å². The fourth-order valence-electron chi connectivity index (χ4n) is 3.23. The second-order valence-corrected chi connectivity index (χ2v) is 6.15. The molecular weight excluding hydrogens is 300 g/mol. The van der Waals surface area contributed by atoms with Crippen molar-refractivity contribution in [1.29, 1.82) is 0 Å². The molecule has 0 fully saturated rings. The van der Waals surface area contributed by atoms with Crippen molar-refractivity contribution < 1.29 is 9.53 Å². The molecule has 2 aromatic rings. The predicted molar refractivity (Wildman–Crippen MR) is 84.6 cm³/mol. The van der Waals surface area contributed by atoms with Crippen LogP contribution in [0.4, 0.5) is 5.69 Å². The van der Waals surface area contributed by atoms with Crippen LogP contribution < -0.4 is 10.1 Å². The Balaban J connectivity index is 1.60. The first-order chi connectivity index (χ1) is 10.7. The maximum Gasteiger partial charge on any atom is 0.235 e. The summed E-state index contributed by atoms with van der Waals surface area (Å²) < 4.78 is 5.58. The lowest BCUT2D eigenvalue weighted by atomic mass is 10.00. The molecule has 0 spiro atoms. The zero-order valence-corrected chi connectivity index (χ0v) is 12.7. The van der Waals surface area contributed by atoms with Crippen LogP contribution in [0, 0.1) is 0 Å². The largest absolute Gasteiger partial charge is 0.492 e. The van der Waals surface area contributed by atoms with Crippen LogP contribution in [-0.2, 0) is 17.6 Å². The second-order valence-electron chi connectivity index (χ2n) is 5.71. The number of benzene rings is 1. The van der Waals surface area contributed by atoms with E-state index < -0.39 is 0 Å². The van der Waals surface area contributed by atoms with Gasteiger partial charge in [0.1, 0.15) is 18.3 Å². The Morgan fingerprint density at radius 1 is 1.32 bits per heavy atom. The highest BCUT2D eigenvalue weighted by Gasteiger charge is 2.31. The summed E-state index contributed by atoms with van der Waals surface area (Å²) in [5, 5.41) is 3.64. The number of hydrogen-bond acceptors (Lipinski definition) is 3. The molecule has 2 heterocycles. The van der Waals surface area contributed by atoms with E-state index in [0.29, 0.717) is 11.6 Å². The zero-order chi connectivity index (χ0) is 15.1. The fraction of sp³-hybridized carbons (Fsp3) is 0.294. The summed E-state index contributed by atoms with van der Waals surface area (Å²) in [4.78, 5) is 16.9. The number of halogens is 1. The van der Waals surface area contributed by atoms with E-state index in [1.54, 1.807) is 12.3 Å². The van der Waals surface area contributed by atoms with Gasteiger partial charge in [-0.3, -0.25) is 9.78 Å². The molecule has 1 unspecified atom stereocenters. The molecule has 1 atom stereocenters. The molecule has 112 valence electrons. The Bertz CT molecular complexity index is 760. The Morgan fingerprint density at radius 3 is 3.14 bits per heavy atom. The number of aryl methyl sites for hydroxylation is 1. The molecule has 0 radical (unpaired) electrons. The van der Waals surface area contributed by atoms with E-state index in [4.69, 9.17) is 16.3 Å². The van der Waals surface area contributed by atoms with Crippen molar-refractivity contribution in [2.24, 2.45) is 0 Å². The maximum atomic E-state index is 12.6. The van der Waals surface area contributed by atoms with Crippen molar-refractivity contribution in [1.82, 2.24) is 4.98 Å². The Morgan fingerprint density at radius 2 is 2.23 bits per heavy atom. The van der Waals surface area contributed by atoms with Gasteiger partial charge >= 0.3 is 0 Å². The van der Waals surface area contributed by atoms with Gasteiger partial charge in [0.05, 0.1) is 11.9 Å². The van der Waals surface area contributed by atoms with Crippen LogP contribution in [0.1, 0.15) is 29.0 Å². The van der Waals surface area contributed by atoms with Gasteiger partial charge in [-0.1, -0.05) is 11.6 Å². The van der Waals surface area contributed by atoms with Crippen LogP contribution in [-0.4, -0.2) is 17.5 Å². The van der Waals surface area contributed by atoms with Gasteiger partial charge in [0.25, 0.3) is 0 Å². The molecule has 22 heavy (non-hydrogen) atoms. The summed E-state index contributed by atoms with van der Waals surface area (Å²) in [6, 6.07) is 5.39. The standard InChI is InChI=1S/C17H15ClN2O2/c18-11-4-5-16-13(6-11)14(9-22-16)17(21)20-15-8-19-7-10-2-1-3-12(10)15/h4-8,14H,1-3,9H2,(H,20,21). The van der Waals surface area contributed by atoms with Crippen molar-refractivity contribution >= 4 is 23.2 Å². The summed E-state index contributed by atoms with van der Waals surface area (Å²) >= 11 is 6.03. The van der Waals surface area contributed by atoms with E-state index in [1.165, 1.54) is 11.1 Å². The van der Waals surface area contributed by atoms with Gasteiger partial charge in [-0.2, -0.15) is 0 Å². The molecule has 0 saturated heterocycles. The molecule has 1 aliphatic heterocycles. The first-order valence-corrected chi connectivity index (χ1v) is 7.79. The summed E-state index contributed by atoms with van der Waals surface area (Å²) in [6.45, 7) is 0.351. The Labute approximate surface area is 133 Å². The maximum absolute atomic E-state index is 12.6. The third-order valence-corrected chi connectivity index (χ3v) is 4.58. The number of hydrogen-bond donors (Lipinski definition) is 1. The number of pyridine rings is 1. The normalized spacial score (nSPS) is 18.5. The molecule has 1 aromatic heterocycles. The fourth-order valence-corrected chi connectivity index (χ4v) is 3.41. The minimum Gasteiger partial charge on any atom is -0.492 e. The SMILES string of the molecule is O=C(Nc1cncc2c1CCC2)C1COc2ccc(Cl)cc21. The molecule has 0 saturated carbocycles. The number of fused-ring (bicyclic) bond motifs is 2. The molecule has 5 heteroatoms. The smallest absolute Gasteiger partial charge is 0.235 e. The van der Waals surface area contributed by atoms with Crippen LogP contribution in [0.3, 0.4) is 0 Å². The number of ether oxygens (including phenoxy) is 1. The highest BCUT2D eigenvalue weighted by atomic mass is 35.5. The molecule has 4 nitrogen and oxygen atoms in total. The minimum absolute atomic E-state index is 0.0666. The van der Waals surface area contributed by atoms with Crippen LogP contribution in [0.5, 0.6) is 5.75 Å². The Kier molecular flexibility index (Phi) is 3.26. The number of anilines is 1. The average Bonchev–Trinajstić information content (AvgIpc) is 3.13. The number of nitrogens with one attached hydrogen (secondary N) is 1. The summed E-state index contributed by atoms with van der Waals surface area (Å²) in [5.41, 5.74) is 4.14. The molecule has 1 aromatic carbocycles. The molecule has 1 aliphatic carbocycles. The third kappa shape index (κ3) is 2.24. The van der Waals surface area contributed by atoms with Crippen LogP contribution in [0.25, 0.3) is 0 Å². The zero-order valence-electron chi connectivity index (χ0n) is 11.9. The quantitative estimate of drug-likeness (QED) is 0.925. The molecule has 1 amide bonds. The molecule has 4 rings (SSSR count). The van der Waals surface area contributed by atoms with Crippen molar-refractivity contribution in [3.8, 4) is 5.75 Å². The van der Waals surface area contributed by atoms with Gasteiger partial charge in [0, 0.05) is 16.8 Å². The van der Waals surface area contributed by atoms with E-state index in [1.807, 2.05) is 18.3 Å². The lowest BCUT2D eigenvalue weighted by molar-refractivity contribution is -0.117. The van der Waals surface area contributed by atoms with Crippen LogP contribution in [0.15, 0.2) is 30.6 Å². The number of aromatic nitrogens is 1. The van der Waals surface area contributed by atoms with Gasteiger partial charge in [-0.25, -0.2) is 0 Å². The van der Waals surface area contributed by atoms with E-state index in [9.17, 15) is 4.79 Å². The van der Waals surface area contributed by atoms with Crippen LogP contribution in [0.2, 0.25) is 5.02 Å². The number of carbonyl (C=O) groups is 1. The first kappa shape index (κ1) is 13.6. The first-order valence-electron chi connectivity index (χ1n) is 7.41. The summed E-state index contributed by atoms with van der Waals surface area (Å²) in [6.07, 6.45) is 6.78. The number of rotatable bonds is 2. The highest BCUT2D eigenvalue weighted by molar-refractivity contribution is 6.30. The van der Waals surface area contributed by atoms with Gasteiger partial charge < -0.3 is 10.1 Å². The van der Waals surface area contributed by atoms with Gasteiger partial charge in [0.2, 0.25) is 5.91 Å². The van der Waals surface area contributed by atoms with E-state index in [2.05, 4.69) is 10.3 Å². The summed E-state index contributed by atoms with van der Waals surface area (Å²) in [5.74, 6) is 0.343. The average molecular weight is 315 g/mol.